The molecule has 0 saturated heterocycles. The number of hydrogen-bond donors (Lipinski definition) is 1. The summed E-state index contributed by atoms with van der Waals surface area (Å²) in [6, 6.07) is 25.5. The predicted molar refractivity (Wildman–Crippen MR) is 117 cm³/mol. The summed E-state index contributed by atoms with van der Waals surface area (Å²) in [6.07, 6.45) is 0. The molecule has 154 valence electrons. The monoisotopic (exact) mass is 402 g/mol. The lowest BCUT2D eigenvalue weighted by Gasteiger charge is -2.28. The van der Waals surface area contributed by atoms with Crippen molar-refractivity contribution in [2.24, 2.45) is 5.73 Å². The van der Waals surface area contributed by atoms with Gasteiger partial charge in [-0.2, -0.15) is 0 Å². The molecule has 1 atom stereocenters. The molecule has 0 aromatic heterocycles. The van der Waals surface area contributed by atoms with Crippen molar-refractivity contribution in [2.75, 3.05) is 7.11 Å². The molecule has 0 heterocycles. The van der Waals surface area contributed by atoms with Gasteiger partial charge in [-0.05, 0) is 35.7 Å². The average molecular weight is 402 g/mol. The third-order valence-corrected chi connectivity index (χ3v) is 4.93. The van der Waals surface area contributed by atoms with Crippen molar-refractivity contribution in [3.63, 3.8) is 0 Å². The van der Waals surface area contributed by atoms with Crippen LogP contribution in [0.1, 0.15) is 29.5 Å². The third kappa shape index (κ3) is 4.93. The SMILES string of the molecule is COc1ccc(CN(C(=O)C(C)N)C(=O)C(c2ccccc2)c2ccccc2)cc1. The molecule has 0 spiro atoms. The lowest BCUT2D eigenvalue weighted by Crippen LogP contribution is -2.47. The quantitative estimate of drug-likeness (QED) is 0.654. The first kappa shape index (κ1) is 21.3. The molecule has 0 bridgehead atoms. The molecule has 0 aliphatic rings. The summed E-state index contributed by atoms with van der Waals surface area (Å²) in [4.78, 5) is 27.9. The minimum Gasteiger partial charge on any atom is -0.497 e. The number of ether oxygens (including phenoxy) is 1. The normalized spacial score (nSPS) is 11.7. The van der Waals surface area contributed by atoms with E-state index in [4.69, 9.17) is 10.5 Å². The molecular formula is C25H26N2O3. The van der Waals surface area contributed by atoms with E-state index in [1.165, 1.54) is 4.90 Å². The number of benzene rings is 3. The molecular weight excluding hydrogens is 376 g/mol. The third-order valence-electron chi connectivity index (χ3n) is 4.93. The average Bonchev–Trinajstić information content (AvgIpc) is 2.79. The van der Waals surface area contributed by atoms with E-state index >= 15 is 0 Å². The van der Waals surface area contributed by atoms with Gasteiger partial charge in [0.1, 0.15) is 5.75 Å². The van der Waals surface area contributed by atoms with Crippen molar-refractivity contribution in [2.45, 2.75) is 25.4 Å². The number of hydrogen-bond acceptors (Lipinski definition) is 4. The minimum atomic E-state index is -0.792. The first-order valence-electron chi connectivity index (χ1n) is 9.85. The second-order valence-corrected chi connectivity index (χ2v) is 7.15. The molecule has 2 amide bonds. The number of carbonyl (C=O) groups is 2. The smallest absolute Gasteiger partial charge is 0.246 e. The number of rotatable bonds is 7. The molecule has 3 rings (SSSR count). The summed E-state index contributed by atoms with van der Waals surface area (Å²) in [5.41, 5.74) is 8.36. The van der Waals surface area contributed by atoms with Crippen molar-refractivity contribution in [3.8, 4) is 5.75 Å². The highest BCUT2D eigenvalue weighted by molar-refractivity contribution is 6.01. The van der Waals surface area contributed by atoms with E-state index in [2.05, 4.69) is 0 Å². The van der Waals surface area contributed by atoms with E-state index in [-0.39, 0.29) is 12.5 Å². The van der Waals surface area contributed by atoms with E-state index in [0.29, 0.717) is 5.75 Å². The van der Waals surface area contributed by atoms with E-state index < -0.39 is 17.9 Å². The fraction of sp³-hybridized carbons (Fsp3) is 0.200. The van der Waals surface area contributed by atoms with Gasteiger partial charge in [0.05, 0.1) is 25.6 Å². The standard InChI is InChI=1S/C25H26N2O3/c1-18(26)24(28)27(17-19-13-15-22(30-2)16-14-19)25(29)23(20-9-5-3-6-10-20)21-11-7-4-8-12-21/h3-16,18,23H,17,26H2,1-2H3. The molecule has 0 fully saturated rings. The zero-order valence-corrected chi connectivity index (χ0v) is 17.2. The Kier molecular flexibility index (Phi) is 6.99. The Morgan fingerprint density at radius 2 is 1.33 bits per heavy atom. The van der Waals surface area contributed by atoms with Crippen LogP contribution in [0.5, 0.6) is 5.75 Å². The van der Waals surface area contributed by atoms with E-state index in [9.17, 15) is 9.59 Å². The van der Waals surface area contributed by atoms with Gasteiger partial charge < -0.3 is 10.5 Å². The van der Waals surface area contributed by atoms with Crippen LogP contribution >= 0.6 is 0 Å². The fourth-order valence-corrected chi connectivity index (χ4v) is 3.35. The Hall–Kier alpha value is -3.44. The topological polar surface area (TPSA) is 72.6 Å². The highest BCUT2D eigenvalue weighted by Crippen LogP contribution is 2.28. The Morgan fingerprint density at radius 3 is 1.77 bits per heavy atom. The second kappa shape index (κ2) is 9.85. The van der Waals surface area contributed by atoms with Crippen molar-refractivity contribution in [1.82, 2.24) is 4.90 Å². The molecule has 0 aliphatic heterocycles. The van der Waals surface area contributed by atoms with Gasteiger partial charge in [0, 0.05) is 0 Å². The molecule has 2 N–H and O–H groups in total. The highest BCUT2D eigenvalue weighted by atomic mass is 16.5. The fourth-order valence-electron chi connectivity index (χ4n) is 3.35. The Morgan fingerprint density at radius 1 is 0.833 bits per heavy atom. The summed E-state index contributed by atoms with van der Waals surface area (Å²) in [5.74, 6) is -0.604. The number of nitrogens with two attached hydrogens (primary N) is 1. The summed E-state index contributed by atoms with van der Waals surface area (Å²) in [7, 11) is 1.59. The summed E-state index contributed by atoms with van der Waals surface area (Å²) in [6.45, 7) is 1.73. The van der Waals surface area contributed by atoms with Gasteiger partial charge in [0.15, 0.2) is 0 Å². The van der Waals surface area contributed by atoms with Crippen molar-refractivity contribution in [1.29, 1.82) is 0 Å². The van der Waals surface area contributed by atoms with Crippen molar-refractivity contribution >= 4 is 11.8 Å². The number of imide groups is 1. The predicted octanol–water partition coefficient (Wildman–Crippen LogP) is 3.73. The Bertz CT molecular complexity index is 931. The molecule has 0 radical (unpaired) electrons. The van der Waals surface area contributed by atoms with Crippen LogP contribution in [0, 0.1) is 0 Å². The molecule has 3 aromatic rings. The maximum Gasteiger partial charge on any atom is 0.246 e. The first-order chi connectivity index (χ1) is 14.5. The van der Waals surface area contributed by atoms with Crippen LogP contribution in [-0.2, 0) is 16.1 Å². The van der Waals surface area contributed by atoms with Gasteiger partial charge >= 0.3 is 0 Å². The lowest BCUT2D eigenvalue weighted by atomic mass is 9.89. The highest BCUT2D eigenvalue weighted by Gasteiger charge is 2.32. The maximum absolute atomic E-state index is 13.7. The van der Waals surface area contributed by atoms with Gasteiger partial charge in [-0.1, -0.05) is 72.8 Å². The molecule has 0 saturated carbocycles. The lowest BCUT2D eigenvalue weighted by molar-refractivity contribution is -0.146. The second-order valence-electron chi connectivity index (χ2n) is 7.15. The molecule has 5 heteroatoms. The van der Waals surface area contributed by atoms with Crippen LogP contribution in [-0.4, -0.2) is 29.9 Å². The van der Waals surface area contributed by atoms with E-state index in [1.54, 1.807) is 26.2 Å². The van der Waals surface area contributed by atoms with E-state index in [1.807, 2.05) is 72.8 Å². The maximum atomic E-state index is 13.7. The Balaban J connectivity index is 2.00. The zero-order chi connectivity index (χ0) is 21.5. The van der Waals surface area contributed by atoms with Gasteiger partial charge in [0.2, 0.25) is 11.8 Å². The van der Waals surface area contributed by atoms with Crippen LogP contribution in [0.4, 0.5) is 0 Å². The van der Waals surface area contributed by atoms with Gasteiger partial charge in [-0.15, -0.1) is 0 Å². The number of methoxy groups -OCH3 is 1. The molecule has 1 unspecified atom stereocenters. The van der Waals surface area contributed by atoms with Gasteiger partial charge in [-0.3, -0.25) is 14.5 Å². The van der Waals surface area contributed by atoms with Crippen LogP contribution in [0.2, 0.25) is 0 Å². The van der Waals surface area contributed by atoms with Crippen LogP contribution in [0.25, 0.3) is 0 Å². The molecule has 30 heavy (non-hydrogen) atoms. The summed E-state index contributed by atoms with van der Waals surface area (Å²) >= 11 is 0. The van der Waals surface area contributed by atoms with Gasteiger partial charge in [-0.25, -0.2) is 0 Å². The minimum absolute atomic E-state index is 0.138. The number of amides is 2. The van der Waals surface area contributed by atoms with Crippen LogP contribution in [0.3, 0.4) is 0 Å². The molecule has 3 aromatic carbocycles. The van der Waals surface area contributed by atoms with Crippen molar-refractivity contribution in [3.05, 3.63) is 102 Å². The number of carbonyl (C=O) groups excluding carboxylic acids is 2. The van der Waals surface area contributed by atoms with Crippen molar-refractivity contribution < 1.29 is 14.3 Å². The molecule has 5 nitrogen and oxygen atoms in total. The van der Waals surface area contributed by atoms with Crippen LogP contribution < -0.4 is 10.5 Å². The summed E-state index contributed by atoms with van der Waals surface area (Å²) < 4.78 is 5.19. The summed E-state index contributed by atoms with van der Waals surface area (Å²) in [5, 5.41) is 0. The van der Waals surface area contributed by atoms with Gasteiger partial charge in [0.25, 0.3) is 0 Å². The molecule has 0 aliphatic carbocycles. The Labute approximate surface area is 177 Å². The largest absolute Gasteiger partial charge is 0.497 e. The number of nitrogens with zero attached hydrogens (tertiary/aromatic N) is 1. The van der Waals surface area contributed by atoms with Crippen LogP contribution in [0.15, 0.2) is 84.9 Å². The van der Waals surface area contributed by atoms with E-state index in [0.717, 1.165) is 16.7 Å². The zero-order valence-electron chi connectivity index (χ0n) is 17.2. The first-order valence-corrected chi connectivity index (χ1v) is 9.85.